The summed E-state index contributed by atoms with van der Waals surface area (Å²) in [5.41, 5.74) is -0.107. The summed E-state index contributed by atoms with van der Waals surface area (Å²) in [4.78, 5) is 42.7. The number of hydrogen-bond acceptors (Lipinski definition) is 5. The maximum absolute atomic E-state index is 13.9. The molecule has 3 fully saturated rings. The van der Waals surface area contributed by atoms with Gasteiger partial charge in [0.15, 0.2) is 0 Å². The summed E-state index contributed by atoms with van der Waals surface area (Å²) in [6.45, 7) is 3.75. The molecule has 9 heteroatoms. The number of nitrogens with zero attached hydrogens (tertiary/aromatic N) is 1. The number of hydrogen-bond donors (Lipinski definition) is 3. The van der Waals surface area contributed by atoms with Gasteiger partial charge in [-0.2, -0.15) is 0 Å². The normalized spacial score (nSPS) is 30.4. The molecule has 3 N–H and O–H groups in total. The minimum atomic E-state index is -1.14. The first kappa shape index (κ1) is 24.7. The van der Waals surface area contributed by atoms with E-state index < -0.39 is 35.0 Å². The highest BCUT2D eigenvalue weighted by Crippen LogP contribution is 2.63. The molecule has 190 valence electrons. The maximum atomic E-state index is 13.9. The molecular formula is C27H30ClN3O5. The topological polar surface area (TPSA) is 108 Å². The van der Waals surface area contributed by atoms with Crippen LogP contribution >= 0.6 is 11.6 Å². The molecule has 2 unspecified atom stereocenters. The van der Waals surface area contributed by atoms with Crippen LogP contribution < -0.4 is 10.6 Å². The van der Waals surface area contributed by atoms with Crippen molar-refractivity contribution in [2.75, 3.05) is 23.8 Å². The molecule has 3 aliphatic rings. The molecule has 0 saturated carbocycles. The van der Waals surface area contributed by atoms with Gasteiger partial charge < -0.3 is 25.4 Å². The zero-order valence-corrected chi connectivity index (χ0v) is 21.0. The number of likely N-dealkylation sites (tertiary alicyclic amines) is 1. The molecule has 8 nitrogen and oxygen atoms in total. The van der Waals surface area contributed by atoms with E-state index >= 15 is 0 Å². The highest BCUT2D eigenvalue weighted by atomic mass is 35.5. The fourth-order valence-corrected chi connectivity index (χ4v) is 6.60. The average molecular weight is 512 g/mol. The van der Waals surface area contributed by atoms with Gasteiger partial charge in [0, 0.05) is 18.8 Å². The Balaban J connectivity index is 1.51. The first-order valence-electron chi connectivity index (χ1n) is 12.3. The number of carbonyl (C=O) groups excluding carboxylic acids is 3. The fraction of sp³-hybridized carbons (Fsp3) is 0.444. The van der Waals surface area contributed by atoms with Crippen molar-refractivity contribution in [1.29, 1.82) is 0 Å². The zero-order chi connectivity index (χ0) is 25.7. The van der Waals surface area contributed by atoms with Gasteiger partial charge >= 0.3 is 0 Å². The quantitative estimate of drug-likeness (QED) is 0.528. The second-order valence-corrected chi connectivity index (χ2v) is 10.5. The van der Waals surface area contributed by atoms with E-state index in [0.717, 1.165) is 5.56 Å². The van der Waals surface area contributed by atoms with Gasteiger partial charge in [-0.3, -0.25) is 14.4 Å². The van der Waals surface area contributed by atoms with Crippen LogP contribution in [0.2, 0.25) is 5.02 Å². The number of aryl methyl sites for hydroxylation is 1. The van der Waals surface area contributed by atoms with Crippen molar-refractivity contribution in [3.8, 4) is 0 Å². The standard InChI is InChI=1S/C27H30ClN3O5/c1-16-8-6-11-18(28)21(16)30-24(34)22-27-13-12-26(2,36-27)19(20(27)25(35)31(22)14-7-15-32)23(33)29-17-9-4-3-5-10-17/h3-6,8-11,19-20,22,32H,7,12-15H2,1-2H3,(H,29,33)(H,30,34)/t19-,20+,22?,26+,27?/m1/s1. The van der Waals surface area contributed by atoms with Crippen molar-refractivity contribution >= 4 is 40.7 Å². The van der Waals surface area contributed by atoms with Gasteiger partial charge in [0.05, 0.1) is 28.1 Å². The lowest BCUT2D eigenvalue weighted by Gasteiger charge is -2.33. The Morgan fingerprint density at radius 3 is 2.56 bits per heavy atom. The summed E-state index contributed by atoms with van der Waals surface area (Å²) in [6, 6.07) is 13.5. The van der Waals surface area contributed by atoms with Gasteiger partial charge in [-0.1, -0.05) is 41.9 Å². The minimum Gasteiger partial charge on any atom is -0.396 e. The van der Waals surface area contributed by atoms with E-state index in [9.17, 15) is 19.5 Å². The van der Waals surface area contributed by atoms with Gasteiger partial charge in [-0.05, 0) is 56.9 Å². The second-order valence-electron chi connectivity index (χ2n) is 10.1. The van der Waals surface area contributed by atoms with Gasteiger partial charge in [-0.15, -0.1) is 0 Å². The van der Waals surface area contributed by atoms with E-state index in [-0.39, 0.29) is 25.0 Å². The molecule has 0 aromatic heterocycles. The van der Waals surface area contributed by atoms with Crippen LogP contribution in [0.3, 0.4) is 0 Å². The Kier molecular flexibility index (Phi) is 6.31. The van der Waals surface area contributed by atoms with E-state index in [0.29, 0.717) is 35.7 Å². The molecule has 3 saturated heterocycles. The van der Waals surface area contributed by atoms with E-state index in [1.807, 2.05) is 38.1 Å². The lowest BCUT2D eigenvalue weighted by Crippen LogP contribution is -2.53. The molecule has 1 spiro atoms. The molecule has 3 amide bonds. The Morgan fingerprint density at radius 1 is 1.11 bits per heavy atom. The van der Waals surface area contributed by atoms with E-state index in [1.54, 1.807) is 24.3 Å². The number of halogens is 1. The van der Waals surface area contributed by atoms with Crippen molar-refractivity contribution < 1.29 is 24.2 Å². The van der Waals surface area contributed by atoms with Crippen LogP contribution in [0, 0.1) is 18.8 Å². The third-order valence-electron chi connectivity index (χ3n) is 7.88. The third kappa shape index (κ3) is 3.79. The lowest BCUT2D eigenvalue weighted by atomic mass is 9.66. The Bertz CT molecular complexity index is 1190. The van der Waals surface area contributed by atoms with Crippen molar-refractivity contribution in [2.45, 2.75) is 50.4 Å². The maximum Gasteiger partial charge on any atom is 0.250 e. The number of para-hydroxylation sites is 2. The summed E-state index contributed by atoms with van der Waals surface area (Å²) in [6.07, 6.45) is 1.33. The van der Waals surface area contributed by atoms with Gasteiger partial charge in [0.2, 0.25) is 17.7 Å². The summed E-state index contributed by atoms with van der Waals surface area (Å²) in [5, 5.41) is 15.7. The number of carbonyl (C=O) groups is 3. The SMILES string of the molecule is Cc1cccc(Cl)c1NC(=O)C1N(CCCO)C(=O)[C@@H]2[C@H](C(=O)Nc3ccccc3)[C@]3(C)CCC12O3. The van der Waals surface area contributed by atoms with Gasteiger partial charge in [0.1, 0.15) is 11.6 Å². The number of aliphatic hydroxyl groups excluding tert-OH is 1. The average Bonchev–Trinajstić information content (AvgIpc) is 3.41. The predicted octanol–water partition coefficient (Wildman–Crippen LogP) is 3.37. The molecule has 2 bridgehead atoms. The minimum absolute atomic E-state index is 0.129. The summed E-state index contributed by atoms with van der Waals surface area (Å²) in [5.74, 6) is -2.56. The number of aliphatic hydroxyl groups is 1. The number of benzene rings is 2. The smallest absolute Gasteiger partial charge is 0.250 e. The number of fused-ring (bicyclic) bond motifs is 1. The molecule has 3 aliphatic heterocycles. The highest BCUT2D eigenvalue weighted by molar-refractivity contribution is 6.34. The van der Waals surface area contributed by atoms with Crippen LogP contribution in [0.25, 0.3) is 0 Å². The van der Waals surface area contributed by atoms with Crippen molar-refractivity contribution in [3.63, 3.8) is 0 Å². The number of amides is 3. The lowest BCUT2D eigenvalue weighted by molar-refractivity contribution is -0.143. The number of nitrogens with one attached hydrogen (secondary N) is 2. The monoisotopic (exact) mass is 511 g/mol. The first-order valence-corrected chi connectivity index (χ1v) is 12.6. The highest BCUT2D eigenvalue weighted by Gasteiger charge is 2.77. The summed E-state index contributed by atoms with van der Waals surface area (Å²) >= 11 is 6.37. The van der Waals surface area contributed by atoms with Crippen LogP contribution in [0.1, 0.15) is 31.7 Å². The second kappa shape index (κ2) is 9.18. The van der Waals surface area contributed by atoms with E-state index in [4.69, 9.17) is 16.3 Å². The number of rotatable bonds is 7. The predicted molar refractivity (Wildman–Crippen MR) is 136 cm³/mol. The van der Waals surface area contributed by atoms with Gasteiger partial charge in [-0.25, -0.2) is 0 Å². The van der Waals surface area contributed by atoms with Gasteiger partial charge in [0.25, 0.3) is 0 Å². The molecule has 0 radical (unpaired) electrons. The van der Waals surface area contributed by atoms with Crippen LogP contribution in [0.4, 0.5) is 11.4 Å². The molecule has 5 atom stereocenters. The van der Waals surface area contributed by atoms with Crippen LogP contribution in [0.15, 0.2) is 48.5 Å². The largest absolute Gasteiger partial charge is 0.396 e. The molecule has 5 rings (SSSR count). The molecular weight excluding hydrogens is 482 g/mol. The first-order chi connectivity index (χ1) is 17.2. The summed E-state index contributed by atoms with van der Waals surface area (Å²) < 4.78 is 6.58. The van der Waals surface area contributed by atoms with Crippen molar-refractivity contribution in [2.24, 2.45) is 11.8 Å². The Hall–Kier alpha value is -2.94. The van der Waals surface area contributed by atoms with Crippen LogP contribution in [-0.2, 0) is 19.1 Å². The van der Waals surface area contributed by atoms with Crippen LogP contribution in [0.5, 0.6) is 0 Å². The zero-order valence-electron chi connectivity index (χ0n) is 20.3. The molecule has 3 heterocycles. The molecule has 2 aromatic carbocycles. The number of ether oxygens (including phenoxy) is 1. The van der Waals surface area contributed by atoms with Crippen molar-refractivity contribution in [1.82, 2.24) is 4.90 Å². The van der Waals surface area contributed by atoms with Crippen molar-refractivity contribution in [3.05, 3.63) is 59.1 Å². The molecule has 36 heavy (non-hydrogen) atoms. The number of anilines is 2. The Labute approximate surface area is 215 Å². The third-order valence-corrected chi connectivity index (χ3v) is 8.19. The van der Waals surface area contributed by atoms with E-state index in [1.165, 1.54) is 4.90 Å². The van der Waals surface area contributed by atoms with Crippen LogP contribution in [-0.4, -0.2) is 58.1 Å². The fourth-order valence-electron chi connectivity index (χ4n) is 6.33. The molecule has 0 aliphatic carbocycles. The summed E-state index contributed by atoms with van der Waals surface area (Å²) in [7, 11) is 0. The Morgan fingerprint density at radius 2 is 1.86 bits per heavy atom. The van der Waals surface area contributed by atoms with E-state index in [2.05, 4.69) is 10.6 Å². The molecule has 2 aromatic rings.